The number of pyridine rings is 1. The quantitative estimate of drug-likeness (QED) is 0.875. The van der Waals surface area contributed by atoms with E-state index in [4.69, 9.17) is 16.3 Å². The smallest absolute Gasteiger partial charge is 0.264 e. The summed E-state index contributed by atoms with van der Waals surface area (Å²) in [6, 6.07) is 9.06. The summed E-state index contributed by atoms with van der Waals surface area (Å²) in [5.41, 5.74) is 0. The number of hydrogen-bond donors (Lipinski definition) is 0. The van der Waals surface area contributed by atoms with Gasteiger partial charge in [0.25, 0.3) is 5.91 Å². The van der Waals surface area contributed by atoms with E-state index in [1.807, 2.05) is 18.2 Å². The van der Waals surface area contributed by atoms with Crippen LogP contribution >= 0.6 is 22.9 Å². The lowest BCUT2D eigenvalue weighted by atomic mass is 10.3. The van der Waals surface area contributed by atoms with Crippen molar-refractivity contribution >= 4 is 28.8 Å². The van der Waals surface area contributed by atoms with Crippen molar-refractivity contribution in [2.45, 2.75) is 12.5 Å². The average molecular weight is 309 g/mol. The molecule has 1 unspecified atom stereocenters. The normalized spacial score (nSPS) is 18.2. The monoisotopic (exact) mass is 308 g/mol. The van der Waals surface area contributed by atoms with E-state index in [-0.39, 0.29) is 12.0 Å². The summed E-state index contributed by atoms with van der Waals surface area (Å²) in [5.74, 6) is 0.625. The van der Waals surface area contributed by atoms with Crippen LogP contribution in [0.4, 0.5) is 0 Å². The van der Waals surface area contributed by atoms with Crippen LogP contribution in [0.1, 0.15) is 16.1 Å². The number of likely N-dealkylation sites (tertiary alicyclic amines) is 1. The van der Waals surface area contributed by atoms with Gasteiger partial charge in [0.05, 0.1) is 15.8 Å². The van der Waals surface area contributed by atoms with Gasteiger partial charge in [-0.3, -0.25) is 4.79 Å². The Kier molecular flexibility index (Phi) is 3.89. The van der Waals surface area contributed by atoms with E-state index in [1.54, 1.807) is 23.2 Å². The van der Waals surface area contributed by atoms with Crippen molar-refractivity contribution in [1.29, 1.82) is 0 Å². The van der Waals surface area contributed by atoms with Crippen LogP contribution < -0.4 is 4.74 Å². The van der Waals surface area contributed by atoms with Gasteiger partial charge >= 0.3 is 0 Å². The average Bonchev–Trinajstić information content (AvgIpc) is 3.08. The Balaban J connectivity index is 1.61. The minimum Gasteiger partial charge on any atom is -0.472 e. The lowest BCUT2D eigenvalue weighted by molar-refractivity contribution is 0.0776. The SMILES string of the molecule is O=C(c1ccc(Cl)s1)N1CCC(Oc2ccccn2)C1. The molecule has 0 aromatic carbocycles. The second-order valence-electron chi connectivity index (χ2n) is 4.55. The number of ether oxygens (including phenoxy) is 1. The number of aromatic nitrogens is 1. The fraction of sp³-hybridized carbons (Fsp3) is 0.286. The van der Waals surface area contributed by atoms with Gasteiger partial charge in [0.2, 0.25) is 5.88 Å². The van der Waals surface area contributed by atoms with Crippen LogP contribution in [0.2, 0.25) is 4.34 Å². The first-order valence-electron chi connectivity index (χ1n) is 6.34. The van der Waals surface area contributed by atoms with Crippen LogP contribution in [0.3, 0.4) is 0 Å². The Morgan fingerprint density at radius 2 is 2.30 bits per heavy atom. The zero-order valence-electron chi connectivity index (χ0n) is 10.7. The van der Waals surface area contributed by atoms with Gasteiger partial charge in [-0.25, -0.2) is 4.98 Å². The Morgan fingerprint density at radius 1 is 1.40 bits per heavy atom. The second-order valence-corrected chi connectivity index (χ2v) is 6.27. The van der Waals surface area contributed by atoms with E-state index in [2.05, 4.69) is 4.98 Å². The van der Waals surface area contributed by atoms with Crippen molar-refractivity contribution in [3.63, 3.8) is 0 Å². The molecule has 4 nitrogen and oxygen atoms in total. The summed E-state index contributed by atoms with van der Waals surface area (Å²) < 4.78 is 6.40. The molecule has 1 saturated heterocycles. The van der Waals surface area contributed by atoms with Gasteiger partial charge in [0.15, 0.2) is 0 Å². The highest BCUT2D eigenvalue weighted by Crippen LogP contribution is 2.25. The largest absolute Gasteiger partial charge is 0.472 e. The van der Waals surface area contributed by atoms with Crippen molar-refractivity contribution in [1.82, 2.24) is 9.88 Å². The molecule has 0 aliphatic carbocycles. The summed E-state index contributed by atoms with van der Waals surface area (Å²) in [4.78, 5) is 18.9. The molecular formula is C14H13ClN2O2S. The summed E-state index contributed by atoms with van der Waals surface area (Å²) in [6.07, 6.45) is 2.52. The molecule has 3 rings (SSSR count). The molecule has 1 amide bonds. The van der Waals surface area contributed by atoms with Crippen LogP contribution in [-0.4, -0.2) is 35.0 Å². The Morgan fingerprint density at radius 3 is 3.00 bits per heavy atom. The van der Waals surface area contributed by atoms with Crippen LogP contribution in [-0.2, 0) is 0 Å². The minimum atomic E-state index is 0.00397. The maximum atomic E-state index is 12.3. The zero-order valence-corrected chi connectivity index (χ0v) is 12.2. The zero-order chi connectivity index (χ0) is 13.9. The van der Waals surface area contributed by atoms with E-state index >= 15 is 0 Å². The van der Waals surface area contributed by atoms with E-state index in [0.717, 1.165) is 6.42 Å². The molecule has 0 radical (unpaired) electrons. The molecule has 2 aromatic heterocycles. The van der Waals surface area contributed by atoms with Crippen molar-refractivity contribution in [2.24, 2.45) is 0 Å². The molecule has 0 spiro atoms. The van der Waals surface area contributed by atoms with Crippen molar-refractivity contribution in [3.8, 4) is 5.88 Å². The van der Waals surface area contributed by atoms with Crippen LogP contribution in [0, 0.1) is 0 Å². The van der Waals surface area contributed by atoms with Crippen molar-refractivity contribution in [3.05, 3.63) is 45.7 Å². The molecule has 1 atom stereocenters. The highest BCUT2D eigenvalue weighted by molar-refractivity contribution is 7.17. The van der Waals surface area contributed by atoms with E-state index in [0.29, 0.717) is 28.2 Å². The van der Waals surface area contributed by atoms with Gasteiger partial charge in [0, 0.05) is 25.2 Å². The highest BCUT2D eigenvalue weighted by Gasteiger charge is 2.29. The van der Waals surface area contributed by atoms with Crippen LogP contribution in [0.15, 0.2) is 36.5 Å². The van der Waals surface area contributed by atoms with Crippen molar-refractivity contribution in [2.75, 3.05) is 13.1 Å². The van der Waals surface area contributed by atoms with Crippen LogP contribution in [0.5, 0.6) is 5.88 Å². The molecule has 2 aromatic rings. The van der Waals surface area contributed by atoms with E-state index in [1.165, 1.54) is 11.3 Å². The summed E-state index contributed by atoms with van der Waals surface area (Å²) in [5, 5.41) is 0. The third kappa shape index (κ3) is 2.94. The minimum absolute atomic E-state index is 0.00397. The highest BCUT2D eigenvalue weighted by atomic mass is 35.5. The lowest BCUT2D eigenvalue weighted by Gasteiger charge is -2.16. The van der Waals surface area contributed by atoms with Gasteiger partial charge in [-0.2, -0.15) is 0 Å². The number of halogens is 1. The maximum absolute atomic E-state index is 12.3. The van der Waals surface area contributed by atoms with E-state index in [9.17, 15) is 4.79 Å². The van der Waals surface area contributed by atoms with Crippen molar-refractivity contribution < 1.29 is 9.53 Å². The predicted molar refractivity (Wildman–Crippen MR) is 78.5 cm³/mol. The summed E-state index contributed by atoms with van der Waals surface area (Å²) in [7, 11) is 0. The molecule has 1 aliphatic heterocycles. The Labute approximate surface area is 126 Å². The molecule has 6 heteroatoms. The standard InChI is InChI=1S/C14H13ClN2O2S/c15-12-5-4-11(20-12)14(18)17-8-6-10(9-17)19-13-3-1-2-7-16-13/h1-5,7,10H,6,8-9H2. The molecular weight excluding hydrogens is 296 g/mol. The fourth-order valence-electron chi connectivity index (χ4n) is 2.18. The molecule has 1 aliphatic rings. The number of amides is 1. The molecule has 0 bridgehead atoms. The first-order valence-corrected chi connectivity index (χ1v) is 7.54. The predicted octanol–water partition coefficient (Wildman–Crippen LogP) is 3.09. The molecule has 3 heterocycles. The van der Waals surface area contributed by atoms with Gasteiger partial charge in [0.1, 0.15) is 6.10 Å². The topological polar surface area (TPSA) is 42.4 Å². The van der Waals surface area contributed by atoms with Gasteiger partial charge < -0.3 is 9.64 Å². The second kappa shape index (κ2) is 5.81. The molecule has 104 valence electrons. The maximum Gasteiger partial charge on any atom is 0.264 e. The number of hydrogen-bond acceptors (Lipinski definition) is 4. The number of carbonyl (C=O) groups is 1. The number of thiophene rings is 1. The number of nitrogens with zero attached hydrogens (tertiary/aromatic N) is 2. The summed E-state index contributed by atoms with van der Waals surface area (Å²) >= 11 is 7.17. The number of rotatable bonds is 3. The molecule has 20 heavy (non-hydrogen) atoms. The van der Waals surface area contributed by atoms with Crippen LogP contribution in [0.25, 0.3) is 0 Å². The third-order valence-corrected chi connectivity index (χ3v) is 4.36. The fourth-order valence-corrected chi connectivity index (χ4v) is 3.19. The Bertz CT molecular complexity index is 602. The van der Waals surface area contributed by atoms with Gasteiger partial charge in [-0.05, 0) is 18.2 Å². The first kappa shape index (κ1) is 13.4. The van der Waals surface area contributed by atoms with Gasteiger partial charge in [-0.1, -0.05) is 17.7 Å². The first-order chi connectivity index (χ1) is 9.72. The molecule has 0 saturated carbocycles. The Hall–Kier alpha value is -1.59. The molecule has 0 N–H and O–H groups in total. The van der Waals surface area contributed by atoms with E-state index < -0.39 is 0 Å². The molecule has 1 fully saturated rings. The third-order valence-electron chi connectivity index (χ3n) is 3.14. The summed E-state index contributed by atoms with van der Waals surface area (Å²) in [6.45, 7) is 1.29. The van der Waals surface area contributed by atoms with Gasteiger partial charge in [-0.15, -0.1) is 11.3 Å². The lowest BCUT2D eigenvalue weighted by Crippen LogP contribution is -2.30. The number of carbonyl (C=O) groups excluding carboxylic acids is 1.